The minimum absolute atomic E-state index is 0.701. The minimum atomic E-state index is -4.24. The van der Waals surface area contributed by atoms with Gasteiger partial charge in [-0.15, -0.1) is 0 Å². The molecule has 0 aromatic heterocycles. The third-order valence-corrected chi connectivity index (χ3v) is 1.96. The molecule has 0 aliphatic rings. The molecule has 2 atom stereocenters. The molecule has 7 heteroatoms. The number of alkyl halides is 4. The predicted molar refractivity (Wildman–Crippen MR) is 40.1 cm³/mol. The van der Waals surface area contributed by atoms with Crippen LogP contribution < -0.4 is 0 Å². The van der Waals surface area contributed by atoms with Gasteiger partial charge in [-0.1, -0.05) is 18.5 Å². The maximum absolute atomic E-state index is 12.8. The molecule has 0 radical (unpaired) electrons. The van der Waals surface area contributed by atoms with Crippen molar-refractivity contribution in [3.63, 3.8) is 0 Å². The zero-order valence-electron chi connectivity index (χ0n) is 7.01. The van der Waals surface area contributed by atoms with Crippen LogP contribution in [-0.4, -0.2) is 18.8 Å². The van der Waals surface area contributed by atoms with Gasteiger partial charge in [-0.05, 0) is 0 Å². The summed E-state index contributed by atoms with van der Waals surface area (Å²) in [5, 5.41) is -1.88. The monoisotopic (exact) mass is 240 g/mol. The Morgan fingerprint density at radius 3 is 2.07 bits per heavy atom. The molecule has 84 valence electrons. The van der Waals surface area contributed by atoms with Crippen LogP contribution in [0.15, 0.2) is 11.1 Å². The van der Waals surface area contributed by atoms with Gasteiger partial charge in [0, 0.05) is 0 Å². The SMILES string of the molecule is CC(CF)C(F)(F)C(F)C(Cl)=C(F)F. The van der Waals surface area contributed by atoms with Gasteiger partial charge in [0.15, 0.2) is 0 Å². The molecule has 0 N–H and O–H groups in total. The van der Waals surface area contributed by atoms with Crippen molar-refractivity contribution in [1.82, 2.24) is 0 Å². The molecule has 14 heavy (non-hydrogen) atoms. The molecular weight excluding hydrogens is 234 g/mol. The van der Waals surface area contributed by atoms with Crippen molar-refractivity contribution >= 4 is 11.6 Å². The highest BCUT2D eigenvalue weighted by Gasteiger charge is 2.48. The van der Waals surface area contributed by atoms with E-state index in [0.717, 1.165) is 0 Å². The highest BCUT2D eigenvalue weighted by molar-refractivity contribution is 6.30. The van der Waals surface area contributed by atoms with Gasteiger partial charge in [-0.25, -0.2) is 13.2 Å². The predicted octanol–water partition coefficient (Wildman–Crippen LogP) is 3.91. The lowest BCUT2D eigenvalue weighted by molar-refractivity contribution is -0.105. The Labute approximate surface area is 81.5 Å². The van der Waals surface area contributed by atoms with Crippen molar-refractivity contribution < 1.29 is 26.3 Å². The second kappa shape index (κ2) is 4.91. The van der Waals surface area contributed by atoms with E-state index >= 15 is 0 Å². The molecular formula is C7H7ClF6. The Kier molecular flexibility index (Phi) is 4.77. The second-order valence-electron chi connectivity index (χ2n) is 2.70. The summed E-state index contributed by atoms with van der Waals surface area (Å²) >= 11 is 4.60. The van der Waals surface area contributed by atoms with Gasteiger partial charge < -0.3 is 0 Å². The molecule has 0 amide bonds. The zero-order chi connectivity index (χ0) is 11.5. The first-order chi connectivity index (χ1) is 6.25. The smallest absolute Gasteiger partial charge is 0.251 e. The number of allylic oxidation sites excluding steroid dienone is 1. The average Bonchev–Trinajstić information content (AvgIpc) is 2.13. The van der Waals surface area contributed by atoms with E-state index in [2.05, 4.69) is 11.6 Å². The van der Waals surface area contributed by atoms with Gasteiger partial charge in [0.1, 0.15) is 5.03 Å². The summed E-state index contributed by atoms with van der Waals surface area (Å²) in [5.41, 5.74) is 0. The molecule has 0 spiro atoms. The van der Waals surface area contributed by atoms with E-state index in [-0.39, 0.29) is 0 Å². The first-order valence-electron chi connectivity index (χ1n) is 3.53. The van der Waals surface area contributed by atoms with E-state index in [4.69, 9.17) is 0 Å². The third kappa shape index (κ3) is 2.80. The van der Waals surface area contributed by atoms with Crippen LogP contribution in [0, 0.1) is 5.92 Å². The van der Waals surface area contributed by atoms with Crippen LogP contribution in [0.3, 0.4) is 0 Å². The third-order valence-electron chi connectivity index (χ3n) is 1.63. The van der Waals surface area contributed by atoms with Crippen molar-refractivity contribution in [2.75, 3.05) is 6.67 Å². The standard InChI is InChI=1S/C7H7ClF6/c1-3(2-9)7(13,14)5(10)4(8)6(11)12/h3,5H,2H2,1H3. The Morgan fingerprint density at radius 2 is 1.79 bits per heavy atom. The number of hydrogen-bond donors (Lipinski definition) is 0. The van der Waals surface area contributed by atoms with Crippen molar-refractivity contribution in [3.05, 3.63) is 11.1 Å². The Hall–Kier alpha value is -0.390. The molecule has 0 fully saturated rings. The molecule has 0 saturated heterocycles. The maximum atomic E-state index is 12.8. The first kappa shape index (κ1) is 13.6. The number of halogens is 7. The lowest BCUT2D eigenvalue weighted by atomic mass is 10.0. The second-order valence-corrected chi connectivity index (χ2v) is 3.11. The molecule has 0 heterocycles. The van der Waals surface area contributed by atoms with E-state index in [1.165, 1.54) is 0 Å². The quantitative estimate of drug-likeness (QED) is 0.654. The van der Waals surface area contributed by atoms with Crippen LogP contribution in [-0.2, 0) is 0 Å². The summed E-state index contributed by atoms with van der Waals surface area (Å²) in [7, 11) is 0. The van der Waals surface area contributed by atoms with E-state index in [1.807, 2.05) is 0 Å². The van der Waals surface area contributed by atoms with Gasteiger partial charge >= 0.3 is 0 Å². The van der Waals surface area contributed by atoms with Crippen LogP contribution in [0.1, 0.15) is 6.92 Å². The van der Waals surface area contributed by atoms with E-state index in [0.29, 0.717) is 6.92 Å². The molecule has 2 unspecified atom stereocenters. The van der Waals surface area contributed by atoms with Crippen LogP contribution in [0.4, 0.5) is 26.3 Å². The molecule has 0 saturated carbocycles. The van der Waals surface area contributed by atoms with Gasteiger partial charge in [-0.3, -0.25) is 4.39 Å². The molecule has 0 aromatic carbocycles. The van der Waals surface area contributed by atoms with E-state index < -0.39 is 35.8 Å². The van der Waals surface area contributed by atoms with Gasteiger partial charge in [0.25, 0.3) is 12.0 Å². The van der Waals surface area contributed by atoms with Gasteiger partial charge in [0.05, 0.1) is 12.6 Å². The summed E-state index contributed by atoms with van der Waals surface area (Å²) in [4.78, 5) is 0. The normalized spacial score (nSPS) is 16.3. The summed E-state index contributed by atoms with van der Waals surface area (Å²) < 4.78 is 73.3. The number of rotatable bonds is 4. The van der Waals surface area contributed by atoms with E-state index in [1.54, 1.807) is 0 Å². The lowest BCUT2D eigenvalue weighted by Gasteiger charge is -2.24. The molecule has 0 aliphatic carbocycles. The topological polar surface area (TPSA) is 0 Å². The molecule has 0 rings (SSSR count). The van der Waals surface area contributed by atoms with Gasteiger partial charge in [0.2, 0.25) is 6.17 Å². The fourth-order valence-corrected chi connectivity index (χ4v) is 0.763. The fraction of sp³-hybridized carbons (Fsp3) is 0.714. The largest absolute Gasteiger partial charge is 0.288 e. The molecule has 0 aromatic rings. The Balaban J connectivity index is 4.84. The van der Waals surface area contributed by atoms with Gasteiger partial charge in [-0.2, -0.15) is 8.78 Å². The summed E-state index contributed by atoms with van der Waals surface area (Å²) in [6.45, 7) is -0.821. The summed E-state index contributed by atoms with van der Waals surface area (Å²) in [6.07, 6.45) is -6.11. The van der Waals surface area contributed by atoms with E-state index in [9.17, 15) is 26.3 Å². The van der Waals surface area contributed by atoms with Crippen molar-refractivity contribution in [3.8, 4) is 0 Å². The van der Waals surface area contributed by atoms with Crippen LogP contribution in [0.5, 0.6) is 0 Å². The summed E-state index contributed by atoms with van der Waals surface area (Å²) in [6, 6.07) is 0. The lowest BCUT2D eigenvalue weighted by Crippen LogP contribution is -2.38. The fourth-order valence-electron chi connectivity index (χ4n) is 0.617. The minimum Gasteiger partial charge on any atom is -0.251 e. The van der Waals surface area contributed by atoms with Crippen molar-refractivity contribution in [2.24, 2.45) is 5.92 Å². The Morgan fingerprint density at radius 1 is 1.36 bits per heavy atom. The first-order valence-corrected chi connectivity index (χ1v) is 3.91. The van der Waals surface area contributed by atoms with Crippen molar-refractivity contribution in [1.29, 1.82) is 0 Å². The molecule has 0 aliphatic heterocycles. The molecule has 0 nitrogen and oxygen atoms in total. The average molecular weight is 241 g/mol. The Bertz CT molecular complexity index is 222. The highest BCUT2D eigenvalue weighted by Crippen LogP contribution is 2.37. The zero-order valence-corrected chi connectivity index (χ0v) is 7.76. The molecule has 0 bridgehead atoms. The van der Waals surface area contributed by atoms with Crippen LogP contribution in [0.25, 0.3) is 0 Å². The summed E-state index contributed by atoms with van der Waals surface area (Å²) in [5.74, 6) is -6.25. The van der Waals surface area contributed by atoms with Crippen LogP contribution >= 0.6 is 11.6 Å². The van der Waals surface area contributed by atoms with Crippen molar-refractivity contribution in [2.45, 2.75) is 19.0 Å². The highest BCUT2D eigenvalue weighted by atomic mass is 35.5. The van der Waals surface area contributed by atoms with Crippen LogP contribution in [0.2, 0.25) is 0 Å². The maximum Gasteiger partial charge on any atom is 0.288 e. The number of hydrogen-bond acceptors (Lipinski definition) is 0.